The van der Waals surface area contributed by atoms with Gasteiger partial charge >= 0.3 is 0 Å². The highest BCUT2D eigenvalue weighted by atomic mass is 15.0. The Morgan fingerprint density at radius 1 is 0.258 bits per heavy atom. The van der Waals surface area contributed by atoms with Crippen LogP contribution in [0.15, 0.2) is 231 Å². The van der Waals surface area contributed by atoms with Crippen molar-refractivity contribution in [1.29, 1.82) is 0 Å². The summed E-state index contributed by atoms with van der Waals surface area (Å²) in [6, 6.07) is 82.1. The highest BCUT2D eigenvalue weighted by molar-refractivity contribution is 6.23. The molecule has 0 spiro atoms. The summed E-state index contributed by atoms with van der Waals surface area (Å²) in [6.07, 6.45) is 0. The molecule has 0 bridgehead atoms. The van der Waals surface area contributed by atoms with E-state index in [1.807, 2.05) is 12.1 Å². The molecule has 0 N–H and O–H groups in total. The van der Waals surface area contributed by atoms with E-state index in [4.69, 9.17) is 9.97 Å². The van der Waals surface area contributed by atoms with Crippen molar-refractivity contribution in [3.8, 4) is 67.5 Å². The molecular formula is C58H38N4. The first-order valence-corrected chi connectivity index (χ1v) is 21.1. The van der Waals surface area contributed by atoms with Gasteiger partial charge in [0.25, 0.3) is 0 Å². The highest BCUT2D eigenvalue weighted by Crippen LogP contribution is 2.42. The maximum atomic E-state index is 5.24. The second kappa shape index (κ2) is 14.7. The van der Waals surface area contributed by atoms with Crippen LogP contribution in [0.3, 0.4) is 0 Å². The molecule has 0 amide bonds. The normalized spacial score (nSPS) is 11.5. The maximum absolute atomic E-state index is 5.24. The summed E-state index contributed by atoms with van der Waals surface area (Å²) in [5, 5.41) is 4.88. The summed E-state index contributed by atoms with van der Waals surface area (Å²) in [4.78, 5) is 10.4. The van der Waals surface area contributed by atoms with Gasteiger partial charge in [-0.15, -0.1) is 0 Å². The van der Waals surface area contributed by atoms with Gasteiger partial charge in [-0.05, 0) is 70.8 Å². The molecule has 0 unspecified atom stereocenters. The van der Waals surface area contributed by atoms with Crippen LogP contribution < -0.4 is 0 Å². The van der Waals surface area contributed by atoms with Gasteiger partial charge in [-0.3, -0.25) is 0 Å². The summed E-state index contributed by atoms with van der Waals surface area (Å²) in [5.41, 5.74) is 16.4. The fourth-order valence-corrected chi connectivity index (χ4v) is 9.22. The SMILES string of the molecule is c1ccc(-c2cccc(-c3nc(-c4ccccc4)cc(-c4ccc(-n5c6ccccc6c6ccc7c8ccccc8n(-c8cccc(-c9ccccc9)c8)c7c65)cc4)n3)c2)cc1. The molecule has 4 heteroatoms. The minimum atomic E-state index is 0.692. The summed E-state index contributed by atoms with van der Waals surface area (Å²) >= 11 is 0. The fourth-order valence-electron chi connectivity index (χ4n) is 9.22. The number of fused-ring (bicyclic) bond motifs is 7. The van der Waals surface area contributed by atoms with Crippen LogP contribution in [0.25, 0.3) is 111 Å². The van der Waals surface area contributed by atoms with Crippen molar-refractivity contribution >= 4 is 43.6 Å². The van der Waals surface area contributed by atoms with Gasteiger partial charge in [0, 0.05) is 49.6 Å². The Balaban J connectivity index is 1.05. The van der Waals surface area contributed by atoms with Crippen molar-refractivity contribution in [2.45, 2.75) is 0 Å². The maximum Gasteiger partial charge on any atom is 0.160 e. The molecule has 0 radical (unpaired) electrons. The van der Waals surface area contributed by atoms with Crippen LogP contribution in [0, 0.1) is 0 Å². The first-order valence-electron chi connectivity index (χ1n) is 21.1. The van der Waals surface area contributed by atoms with Gasteiger partial charge in [0.1, 0.15) is 0 Å². The minimum Gasteiger partial charge on any atom is -0.307 e. The molecule has 3 heterocycles. The average Bonchev–Trinajstić information content (AvgIpc) is 3.88. The predicted octanol–water partition coefficient (Wildman–Crippen LogP) is 15.0. The van der Waals surface area contributed by atoms with E-state index in [1.54, 1.807) is 0 Å². The molecule has 9 aromatic carbocycles. The van der Waals surface area contributed by atoms with Gasteiger partial charge in [0.05, 0.1) is 33.5 Å². The van der Waals surface area contributed by atoms with E-state index in [0.29, 0.717) is 5.82 Å². The van der Waals surface area contributed by atoms with Crippen molar-refractivity contribution < 1.29 is 0 Å². The van der Waals surface area contributed by atoms with Gasteiger partial charge in [0.15, 0.2) is 5.82 Å². The molecule has 3 aromatic heterocycles. The Morgan fingerprint density at radius 2 is 0.694 bits per heavy atom. The molecule has 12 rings (SSSR count). The lowest BCUT2D eigenvalue weighted by Gasteiger charge is -2.14. The molecule has 0 fully saturated rings. The number of hydrogen-bond donors (Lipinski definition) is 0. The zero-order valence-electron chi connectivity index (χ0n) is 33.7. The highest BCUT2D eigenvalue weighted by Gasteiger charge is 2.22. The third kappa shape index (κ3) is 6.00. The molecule has 0 saturated heterocycles. The summed E-state index contributed by atoms with van der Waals surface area (Å²) in [6.45, 7) is 0. The van der Waals surface area contributed by atoms with E-state index >= 15 is 0 Å². The van der Waals surface area contributed by atoms with Crippen molar-refractivity contribution in [3.05, 3.63) is 231 Å². The average molecular weight is 791 g/mol. The molecule has 0 aliphatic heterocycles. The molecule has 62 heavy (non-hydrogen) atoms. The van der Waals surface area contributed by atoms with Crippen LogP contribution >= 0.6 is 0 Å². The van der Waals surface area contributed by atoms with Crippen LogP contribution in [-0.4, -0.2) is 19.1 Å². The lowest BCUT2D eigenvalue weighted by Crippen LogP contribution is -1.99. The Hall–Kier alpha value is -8.34. The van der Waals surface area contributed by atoms with E-state index in [-0.39, 0.29) is 0 Å². The lowest BCUT2D eigenvalue weighted by molar-refractivity contribution is 1.15. The second-order valence-corrected chi connectivity index (χ2v) is 15.8. The number of hydrogen-bond acceptors (Lipinski definition) is 2. The van der Waals surface area contributed by atoms with Crippen LogP contribution in [-0.2, 0) is 0 Å². The van der Waals surface area contributed by atoms with Crippen LogP contribution in [0.4, 0.5) is 0 Å². The number of rotatable bonds is 7. The van der Waals surface area contributed by atoms with E-state index in [2.05, 4.69) is 228 Å². The zero-order chi connectivity index (χ0) is 41.0. The summed E-state index contributed by atoms with van der Waals surface area (Å²) in [7, 11) is 0. The molecule has 0 aliphatic rings. The molecule has 0 saturated carbocycles. The molecule has 0 aliphatic carbocycles. The molecule has 4 nitrogen and oxygen atoms in total. The first-order chi connectivity index (χ1) is 30.7. The molecule has 12 aromatic rings. The Morgan fingerprint density at radius 3 is 1.27 bits per heavy atom. The van der Waals surface area contributed by atoms with Crippen molar-refractivity contribution in [1.82, 2.24) is 19.1 Å². The van der Waals surface area contributed by atoms with E-state index in [1.165, 1.54) is 49.2 Å². The van der Waals surface area contributed by atoms with Crippen molar-refractivity contribution in [2.24, 2.45) is 0 Å². The largest absolute Gasteiger partial charge is 0.307 e. The topological polar surface area (TPSA) is 35.6 Å². The fraction of sp³-hybridized carbons (Fsp3) is 0. The predicted molar refractivity (Wildman–Crippen MR) is 258 cm³/mol. The third-order valence-electron chi connectivity index (χ3n) is 12.1. The van der Waals surface area contributed by atoms with E-state index < -0.39 is 0 Å². The Kier molecular flexibility index (Phi) is 8.46. The Bertz CT molecular complexity index is 3600. The van der Waals surface area contributed by atoms with Crippen molar-refractivity contribution in [2.75, 3.05) is 0 Å². The standard InChI is InChI=1S/C58H38N4/c1-4-16-39(17-5-1)43-22-14-24-45(36-43)58-59-52(41-20-8-3-9-21-41)38-53(60-58)42-30-32-46(33-31-42)61-54-28-12-10-26-48(54)50-34-35-51-49-27-11-13-29-55(49)62(57(51)56(50)61)47-25-15-23-44(37-47)40-18-6-2-7-19-40/h1-38H. The summed E-state index contributed by atoms with van der Waals surface area (Å²) in [5.74, 6) is 0.692. The first kappa shape index (κ1) is 35.6. The Labute approximate surface area is 359 Å². The van der Waals surface area contributed by atoms with E-state index in [0.717, 1.165) is 56.1 Å². The van der Waals surface area contributed by atoms with Gasteiger partial charge < -0.3 is 9.13 Å². The quantitative estimate of drug-likeness (QED) is 0.161. The van der Waals surface area contributed by atoms with E-state index in [9.17, 15) is 0 Å². The smallest absolute Gasteiger partial charge is 0.160 e. The molecule has 290 valence electrons. The number of benzene rings is 9. The number of para-hydroxylation sites is 2. The lowest BCUT2D eigenvalue weighted by atomic mass is 10.0. The van der Waals surface area contributed by atoms with Gasteiger partial charge in [-0.25, -0.2) is 9.97 Å². The third-order valence-corrected chi connectivity index (χ3v) is 12.1. The number of nitrogens with zero attached hydrogens (tertiary/aromatic N) is 4. The second-order valence-electron chi connectivity index (χ2n) is 15.8. The molecular weight excluding hydrogens is 753 g/mol. The van der Waals surface area contributed by atoms with Gasteiger partial charge in [-0.2, -0.15) is 0 Å². The zero-order valence-corrected chi connectivity index (χ0v) is 33.7. The number of aromatic nitrogens is 4. The van der Waals surface area contributed by atoms with Gasteiger partial charge in [0.2, 0.25) is 0 Å². The van der Waals surface area contributed by atoms with Crippen LogP contribution in [0.5, 0.6) is 0 Å². The van der Waals surface area contributed by atoms with Crippen molar-refractivity contribution in [3.63, 3.8) is 0 Å². The molecule has 0 atom stereocenters. The minimum absolute atomic E-state index is 0.692. The monoisotopic (exact) mass is 790 g/mol. The summed E-state index contributed by atoms with van der Waals surface area (Å²) < 4.78 is 4.91. The van der Waals surface area contributed by atoms with Crippen LogP contribution in [0.1, 0.15) is 0 Å². The van der Waals surface area contributed by atoms with Crippen LogP contribution in [0.2, 0.25) is 0 Å². The van der Waals surface area contributed by atoms with Gasteiger partial charge in [-0.1, -0.05) is 182 Å².